The molecule has 0 saturated carbocycles. The van der Waals surface area contributed by atoms with E-state index in [4.69, 9.17) is 0 Å². The maximum absolute atomic E-state index is 2.41. The predicted octanol–water partition coefficient (Wildman–Crippen LogP) is 4.84. The number of hydrogen-bond donors (Lipinski definition) is 0. The lowest BCUT2D eigenvalue weighted by Gasteiger charge is -2.18. The van der Waals surface area contributed by atoms with Crippen LogP contribution >= 0.6 is 0 Å². The molecule has 0 heteroatoms. The number of hydrogen-bond acceptors (Lipinski definition) is 0. The van der Waals surface area contributed by atoms with Crippen molar-refractivity contribution in [2.75, 3.05) is 0 Å². The van der Waals surface area contributed by atoms with Gasteiger partial charge in [0.05, 0.1) is 0 Å². The van der Waals surface area contributed by atoms with E-state index >= 15 is 0 Å². The van der Waals surface area contributed by atoms with Crippen LogP contribution in [0.5, 0.6) is 0 Å². The first-order valence-electron chi connectivity index (χ1n) is 6.02. The Morgan fingerprint density at radius 1 is 1.23 bits per heavy atom. The molecular weight excluding hydrogens is 156 g/mol. The molecule has 2 atom stereocenters. The Bertz CT molecular complexity index is 96.2. The summed E-state index contributed by atoms with van der Waals surface area (Å²) in [5, 5.41) is 0. The monoisotopic (exact) mass is 183 g/mol. The van der Waals surface area contributed by atoms with Gasteiger partial charge in [-0.1, -0.05) is 53.4 Å². The molecule has 0 aromatic carbocycles. The average Bonchev–Trinajstić information content (AvgIpc) is 2.14. The van der Waals surface area contributed by atoms with Gasteiger partial charge in [0.1, 0.15) is 0 Å². The summed E-state index contributed by atoms with van der Waals surface area (Å²) < 4.78 is 0. The second kappa shape index (κ2) is 8.59. The summed E-state index contributed by atoms with van der Waals surface area (Å²) in [6.07, 6.45) is 10.6. The van der Waals surface area contributed by atoms with Crippen LogP contribution in [0.1, 0.15) is 66.2 Å². The molecule has 1 radical (unpaired) electrons. The average molecular weight is 183 g/mol. The molecule has 0 heterocycles. The molecule has 0 aliphatic heterocycles. The van der Waals surface area contributed by atoms with Gasteiger partial charge in [-0.15, -0.1) is 0 Å². The van der Waals surface area contributed by atoms with E-state index in [1.54, 1.807) is 0 Å². The van der Waals surface area contributed by atoms with Gasteiger partial charge in [0, 0.05) is 0 Å². The van der Waals surface area contributed by atoms with Crippen molar-refractivity contribution >= 4 is 0 Å². The molecule has 13 heavy (non-hydrogen) atoms. The largest absolute Gasteiger partial charge is 0.0654 e. The highest BCUT2D eigenvalue weighted by Gasteiger charge is 2.10. The molecule has 79 valence electrons. The summed E-state index contributed by atoms with van der Waals surface area (Å²) in [5.41, 5.74) is 0. The highest BCUT2D eigenvalue weighted by atomic mass is 14.2. The van der Waals surface area contributed by atoms with Gasteiger partial charge in [-0.3, -0.25) is 0 Å². The maximum atomic E-state index is 2.41. The minimum absolute atomic E-state index is 0.935. The van der Waals surface area contributed by atoms with Crippen LogP contribution in [0.3, 0.4) is 0 Å². The van der Waals surface area contributed by atoms with E-state index in [9.17, 15) is 0 Å². The molecule has 0 aliphatic rings. The van der Waals surface area contributed by atoms with Crippen molar-refractivity contribution in [1.29, 1.82) is 0 Å². The van der Waals surface area contributed by atoms with Crippen LogP contribution in [-0.2, 0) is 0 Å². The van der Waals surface area contributed by atoms with E-state index in [2.05, 4.69) is 34.1 Å². The lowest BCUT2D eigenvalue weighted by molar-refractivity contribution is 0.354. The quantitative estimate of drug-likeness (QED) is 0.505. The number of unbranched alkanes of at least 4 members (excludes halogenated alkanes) is 1. The molecule has 0 N–H and O–H groups in total. The van der Waals surface area contributed by atoms with Gasteiger partial charge in [0.15, 0.2) is 0 Å². The summed E-state index contributed by atoms with van der Waals surface area (Å²) in [6.45, 7) is 9.19. The molecule has 0 amide bonds. The van der Waals surface area contributed by atoms with E-state index in [1.807, 2.05) is 0 Å². The molecule has 0 spiro atoms. The van der Waals surface area contributed by atoms with Crippen molar-refractivity contribution in [3.8, 4) is 0 Å². The van der Waals surface area contributed by atoms with Gasteiger partial charge in [0.25, 0.3) is 0 Å². The molecular formula is C13H27. The van der Waals surface area contributed by atoms with Crippen LogP contribution in [0.2, 0.25) is 0 Å². The van der Waals surface area contributed by atoms with Crippen LogP contribution in [-0.4, -0.2) is 0 Å². The zero-order chi connectivity index (χ0) is 10.1. The second-order valence-corrected chi connectivity index (χ2v) is 4.40. The Morgan fingerprint density at radius 2 is 1.92 bits per heavy atom. The second-order valence-electron chi connectivity index (χ2n) is 4.40. The Balaban J connectivity index is 3.53. The van der Waals surface area contributed by atoms with Crippen LogP contribution in [0.15, 0.2) is 0 Å². The SMILES string of the molecule is C[CH]CC(CC)CC(C)CCCC. The topological polar surface area (TPSA) is 0 Å². The molecule has 0 rings (SSSR count). The van der Waals surface area contributed by atoms with Crippen LogP contribution < -0.4 is 0 Å². The van der Waals surface area contributed by atoms with Gasteiger partial charge in [-0.05, 0) is 31.1 Å². The van der Waals surface area contributed by atoms with Crippen molar-refractivity contribution in [2.45, 2.75) is 66.2 Å². The fraction of sp³-hybridized carbons (Fsp3) is 0.923. The van der Waals surface area contributed by atoms with Gasteiger partial charge < -0.3 is 0 Å². The smallest absolute Gasteiger partial charge is 0.0412 e. The van der Waals surface area contributed by atoms with Crippen molar-refractivity contribution in [2.24, 2.45) is 11.8 Å². The third-order valence-electron chi connectivity index (χ3n) is 2.93. The predicted molar refractivity (Wildman–Crippen MR) is 61.7 cm³/mol. The van der Waals surface area contributed by atoms with Crippen molar-refractivity contribution in [3.05, 3.63) is 6.42 Å². The summed E-state index contributed by atoms with van der Waals surface area (Å²) in [4.78, 5) is 0. The normalized spacial score (nSPS) is 15.7. The minimum Gasteiger partial charge on any atom is -0.0654 e. The van der Waals surface area contributed by atoms with E-state index in [-0.39, 0.29) is 0 Å². The first-order chi connectivity index (χ1) is 6.24. The zero-order valence-corrected chi connectivity index (χ0v) is 9.97. The highest BCUT2D eigenvalue weighted by Crippen LogP contribution is 2.23. The zero-order valence-electron chi connectivity index (χ0n) is 9.97. The van der Waals surface area contributed by atoms with Crippen molar-refractivity contribution in [3.63, 3.8) is 0 Å². The summed E-state index contributed by atoms with van der Waals surface area (Å²) >= 11 is 0. The number of rotatable bonds is 8. The molecule has 0 aliphatic carbocycles. The first kappa shape index (κ1) is 13.0. The van der Waals surface area contributed by atoms with Gasteiger partial charge >= 0.3 is 0 Å². The molecule has 0 aromatic heterocycles. The van der Waals surface area contributed by atoms with Crippen molar-refractivity contribution < 1.29 is 0 Å². The molecule has 2 unspecified atom stereocenters. The fourth-order valence-electron chi connectivity index (χ4n) is 2.00. The fourth-order valence-corrected chi connectivity index (χ4v) is 2.00. The van der Waals surface area contributed by atoms with Crippen LogP contribution in [0, 0.1) is 18.3 Å². The molecule has 0 nitrogen and oxygen atoms in total. The Morgan fingerprint density at radius 3 is 2.38 bits per heavy atom. The van der Waals surface area contributed by atoms with E-state index in [1.165, 1.54) is 38.5 Å². The molecule has 0 aromatic rings. The van der Waals surface area contributed by atoms with Crippen LogP contribution in [0.4, 0.5) is 0 Å². The maximum Gasteiger partial charge on any atom is -0.0412 e. The summed E-state index contributed by atoms with van der Waals surface area (Å²) in [5.74, 6) is 1.88. The standard InChI is InChI=1S/C13H27/c1-5-8-10-12(4)11-13(7-3)9-6-2/h6,12-13H,5,7-11H2,1-4H3. The highest BCUT2D eigenvalue weighted by molar-refractivity contribution is 4.68. The molecule has 0 fully saturated rings. The Labute approximate surface area is 85.1 Å². The minimum atomic E-state index is 0.935. The van der Waals surface area contributed by atoms with Gasteiger partial charge in [-0.2, -0.15) is 0 Å². The van der Waals surface area contributed by atoms with E-state index in [0.29, 0.717) is 0 Å². The summed E-state index contributed by atoms with van der Waals surface area (Å²) in [7, 11) is 0. The third kappa shape index (κ3) is 7.10. The van der Waals surface area contributed by atoms with Gasteiger partial charge in [0.2, 0.25) is 0 Å². The Hall–Kier alpha value is 0. The summed E-state index contributed by atoms with van der Waals surface area (Å²) in [6, 6.07) is 0. The lowest BCUT2D eigenvalue weighted by atomic mass is 9.88. The lowest BCUT2D eigenvalue weighted by Crippen LogP contribution is -2.05. The van der Waals surface area contributed by atoms with Gasteiger partial charge in [-0.25, -0.2) is 0 Å². The molecule has 0 bridgehead atoms. The van der Waals surface area contributed by atoms with Crippen LogP contribution in [0.25, 0.3) is 0 Å². The van der Waals surface area contributed by atoms with E-state index in [0.717, 1.165) is 11.8 Å². The first-order valence-corrected chi connectivity index (χ1v) is 6.02. The molecule has 0 saturated heterocycles. The Kier molecular flexibility index (Phi) is 8.59. The third-order valence-corrected chi connectivity index (χ3v) is 2.93. The van der Waals surface area contributed by atoms with E-state index < -0.39 is 0 Å². The van der Waals surface area contributed by atoms with Crippen molar-refractivity contribution in [1.82, 2.24) is 0 Å².